The standard InChI is InChI=1S/C18H26N2O4S/c1-24-16-11-10-15(20-12-6-9-18(20)21)13-17(16)25(22,23)19-14-7-4-2-3-5-8-14/h10-11,13-14,19H,2-9,12H2,1H3. The van der Waals surface area contributed by atoms with Gasteiger partial charge >= 0.3 is 0 Å². The lowest BCUT2D eigenvalue weighted by Crippen LogP contribution is -2.34. The van der Waals surface area contributed by atoms with Crippen LogP contribution in [0.15, 0.2) is 23.1 Å². The summed E-state index contributed by atoms with van der Waals surface area (Å²) in [6.45, 7) is 0.626. The molecule has 1 amide bonds. The van der Waals surface area contributed by atoms with E-state index in [-0.39, 0.29) is 16.8 Å². The van der Waals surface area contributed by atoms with Crippen molar-refractivity contribution in [2.75, 3.05) is 18.6 Å². The molecule has 2 aliphatic rings. The van der Waals surface area contributed by atoms with Crippen LogP contribution in [0, 0.1) is 0 Å². The fourth-order valence-electron chi connectivity index (χ4n) is 3.64. The van der Waals surface area contributed by atoms with Gasteiger partial charge in [-0.25, -0.2) is 13.1 Å². The number of amides is 1. The number of nitrogens with one attached hydrogen (secondary N) is 1. The molecule has 1 N–H and O–H groups in total. The third-order valence-corrected chi connectivity index (χ3v) is 6.54. The second kappa shape index (κ2) is 7.74. The van der Waals surface area contributed by atoms with Crippen LogP contribution in [0.5, 0.6) is 5.75 Å². The Morgan fingerprint density at radius 3 is 2.44 bits per heavy atom. The molecule has 0 radical (unpaired) electrons. The first-order valence-electron chi connectivity index (χ1n) is 9.02. The summed E-state index contributed by atoms with van der Waals surface area (Å²) < 4.78 is 34.0. The van der Waals surface area contributed by atoms with Gasteiger partial charge in [0.25, 0.3) is 0 Å². The minimum absolute atomic E-state index is 0.0326. The van der Waals surface area contributed by atoms with Crippen molar-refractivity contribution in [3.05, 3.63) is 18.2 Å². The maximum Gasteiger partial charge on any atom is 0.244 e. The van der Waals surface area contributed by atoms with Gasteiger partial charge in [-0.2, -0.15) is 0 Å². The van der Waals surface area contributed by atoms with Gasteiger partial charge in [-0.1, -0.05) is 25.7 Å². The van der Waals surface area contributed by atoms with Gasteiger partial charge < -0.3 is 9.64 Å². The SMILES string of the molecule is COc1ccc(N2CCCC2=O)cc1S(=O)(=O)NC1CCCCCC1. The molecule has 2 fully saturated rings. The van der Waals surface area contributed by atoms with Crippen molar-refractivity contribution in [1.82, 2.24) is 4.72 Å². The Hall–Kier alpha value is -1.60. The molecule has 0 bridgehead atoms. The van der Waals surface area contributed by atoms with Gasteiger partial charge in [0.15, 0.2) is 0 Å². The van der Waals surface area contributed by atoms with E-state index in [9.17, 15) is 13.2 Å². The zero-order chi connectivity index (χ0) is 17.9. The van der Waals surface area contributed by atoms with E-state index in [4.69, 9.17) is 4.74 Å². The lowest BCUT2D eigenvalue weighted by molar-refractivity contribution is -0.117. The number of anilines is 1. The Labute approximate surface area is 149 Å². The number of nitrogens with zero attached hydrogens (tertiary/aromatic N) is 1. The maximum absolute atomic E-state index is 12.9. The highest BCUT2D eigenvalue weighted by Gasteiger charge is 2.27. The molecule has 1 aromatic rings. The first kappa shape index (κ1) is 18.2. The van der Waals surface area contributed by atoms with Crippen molar-refractivity contribution in [2.24, 2.45) is 0 Å². The molecule has 3 rings (SSSR count). The number of rotatable bonds is 5. The lowest BCUT2D eigenvalue weighted by Gasteiger charge is -2.20. The maximum atomic E-state index is 12.9. The van der Waals surface area contributed by atoms with E-state index in [1.165, 1.54) is 7.11 Å². The predicted octanol–water partition coefficient (Wildman–Crippen LogP) is 2.82. The monoisotopic (exact) mass is 366 g/mol. The summed E-state index contributed by atoms with van der Waals surface area (Å²) >= 11 is 0. The largest absolute Gasteiger partial charge is 0.495 e. The number of methoxy groups -OCH3 is 1. The summed E-state index contributed by atoms with van der Waals surface area (Å²) in [5.74, 6) is 0.335. The Morgan fingerprint density at radius 1 is 1.12 bits per heavy atom. The first-order valence-corrected chi connectivity index (χ1v) is 10.5. The van der Waals surface area contributed by atoms with Gasteiger partial charge in [0.2, 0.25) is 15.9 Å². The molecular formula is C18H26N2O4S. The molecule has 138 valence electrons. The van der Waals surface area contributed by atoms with Gasteiger partial charge in [0.1, 0.15) is 10.6 Å². The molecule has 1 aromatic carbocycles. The summed E-state index contributed by atoms with van der Waals surface area (Å²) in [6.07, 6.45) is 7.46. The molecule has 1 saturated carbocycles. The summed E-state index contributed by atoms with van der Waals surface area (Å²) in [7, 11) is -2.24. The van der Waals surface area contributed by atoms with Crippen LogP contribution < -0.4 is 14.4 Å². The highest BCUT2D eigenvalue weighted by molar-refractivity contribution is 7.89. The normalized spacial score (nSPS) is 19.9. The van der Waals surface area contributed by atoms with E-state index in [1.807, 2.05) is 0 Å². The van der Waals surface area contributed by atoms with Crippen molar-refractivity contribution < 1.29 is 17.9 Å². The predicted molar refractivity (Wildman–Crippen MR) is 96.4 cm³/mol. The average molecular weight is 366 g/mol. The highest BCUT2D eigenvalue weighted by atomic mass is 32.2. The van der Waals surface area contributed by atoms with Gasteiger partial charge in [-0.15, -0.1) is 0 Å². The van der Waals surface area contributed by atoms with E-state index >= 15 is 0 Å². The number of benzene rings is 1. The van der Waals surface area contributed by atoms with Crippen LogP contribution in [0.3, 0.4) is 0 Å². The quantitative estimate of drug-likeness (QED) is 0.813. The van der Waals surface area contributed by atoms with E-state index in [0.29, 0.717) is 24.4 Å². The van der Waals surface area contributed by atoms with Gasteiger partial charge in [0.05, 0.1) is 7.11 Å². The Bertz CT molecular complexity index is 725. The van der Waals surface area contributed by atoms with E-state index in [1.54, 1.807) is 23.1 Å². The minimum Gasteiger partial charge on any atom is -0.495 e. The first-order chi connectivity index (χ1) is 12.0. The van der Waals surface area contributed by atoms with Gasteiger partial charge in [0, 0.05) is 24.7 Å². The molecule has 0 spiro atoms. The molecule has 0 aromatic heterocycles. The molecule has 0 atom stereocenters. The van der Waals surface area contributed by atoms with Crippen molar-refractivity contribution in [2.45, 2.75) is 62.3 Å². The molecule has 1 aliphatic carbocycles. The van der Waals surface area contributed by atoms with Gasteiger partial charge in [-0.05, 0) is 37.5 Å². The van der Waals surface area contributed by atoms with Crippen LogP contribution in [-0.2, 0) is 14.8 Å². The molecule has 1 heterocycles. The number of carbonyl (C=O) groups excluding carboxylic acids is 1. The second-order valence-corrected chi connectivity index (χ2v) is 8.48. The van der Waals surface area contributed by atoms with Crippen molar-refractivity contribution in [3.8, 4) is 5.75 Å². The van der Waals surface area contributed by atoms with Crippen LogP contribution in [0.25, 0.3) is 0 Å². The molecular weight excluding hydrogens is 340 g/mol. The third-order valence-electron chi connectivity index (χ3n) is 5.00. The second-order valence-electron chi connectivity index (χ2n) is 6.79. The number of hydrogen-bond acceptors (Lipinski definition) is 4. The molecule has 1 aliphatic heterocycles. The Kier molecular flexibility index (Phi) is 5.64. The lowest BCUT2D eigenvalue weighted by atomic mass is 10.1. The number of carbonyl (C=O) groups is 1. The molecule has 6 nitrogen and oxygen atoms in total. The number of sulfonamides is 1. The third kappa shape index (κ3) is 4.15. The van der Waals surface area contributed by atoms with E-state index < -0.39 is 10.0 Å². The summed E-state index contributed by atoms with van der Waals surface area (Å²) in [5, 5.41) is 0. The number of ether oxygens (including phenoxy) is 1. The molecule has 25 heavy (non-hydrogen) atoms. The topological polar surface area (TPSA) is 75.7 Å². The van der Waals surface area contributed by atoms with Crippen LogP contribution in [0.4, 0.5) is 5.69 Å². The zero-order valence-electron chi connectivity index (χ0n) is 14.7. The number of hydrogen-bond donors (Lipinski definition) is 1. The van der Waals surface area contributed by atoms with Crippen LogP contribution >= 0.6 is 0 Å². The van der Waals surface area contributed by atoms with Crippen LogP contribution in [-0.4, -0.2) is 34.0 Å². The fourth-order valence-corrected chi connectivity index (χ4v) is 5.14. The average Bonchev–Trinajstić information content (AvgIpc) is 2.86. The summed E-state index contributed by atoms with van der Waals surface area (Å²) in [4.78, 5) is 13.7. The fraction of sp³-hybridized carbons (Fsp3) is 0.611. The van der Waals surface area contributed by atoms with E-state index in [2.05, 4.69) is 4.72 Å². The smallest absolute Gasteiger partial charge is 0.244 e. The Balaban J connectivity index is 1.88. The van der Waals surface area contributed by atoms with Crippen LogP contribution in [0.2, 0.25) is 0 Å². The Morgan fingerprint density at radius 2 is 1.84 bits per heavy atom. The minimum atomic E-state index is -3.70. The van der Waals surface area contributed by atoms with Crippen LogP contribution in [0.1, 0.15) is 51.4 Å². The molecule has 1 saturated heterocycles. The summed E-state index contributed by atoms with van der Waals surface area (Å²) in [5.41, 5.74) is 0.615. The van der Waals surface area contributed by atoms with Crippen molar-refractivity contribution in [1.29, 1.82) is 0 Å². The zero-order valence-corrected chi connectivity index (χ0v) is 15.5. The van der Waals surface area contributed by atoms with Crippen molar-refractivity contribution >= 4 is 21.6 Å². The van der Waals surface area contributed by atoms with E-state index in [0.717, 1.165) is 44.9 Å². The van der Waals surface area contributed by atoms with Crippen molar-refractivity contribution in [3.63, 3.8) is 0 Å². The summed E-state index contributed by atoms with van der Waals surface area (Å²) in [6, 6.07) is 4.89. The highest BCUT2D eigenvalue weighted by Crippen LogP contribution is 2.31. The van der Waals surface area contributed by atoms with Gasteiger partial charge in [-0.3, -0.25) is 4.79 Å². The molecule has 7 heteroatoms. The molecule has 0 unspecified atom stereocenters.